The van der Waals surface area contributed by atoms with E-state index in [1.807, 2.05) is 0 Å². The molecule has 0 rings (SSSR count). The van der Waals surface area contributed by atoms with E-state index >= 15 is 0 Å². The van der Waals surface area contributed by atoms with Crippen molar-refractivity contribution in [3.63, 3.8) is 0 Å². The Hall–Kier alpha value is 0.0197. The molecule has 0 aromatic rings. The molecule has 10 nitrogen and oxygen atoms in total. The second kappa shape index (κ2) is 42.2. The van der Waals surface area contributed by atoms with Crippen molar-refractivity contribution < 1.29 is 35.5 Å². The molecule has 0 unspecified atom stereocenters. The van der Waals surface area contributed by atoms with Gasteiger partial charge in [0.15, 0.2) is 0 Å². The number of carbonyl (C=O) groups is 2. The molecule has 2 amide bonds. The van der Waals surface area contributed by atoms with Gasteiger partial charge in [-0.2, -0.15) is 0 Å². The van der Waals surface area contributed by atoms with Gasteiger partial charge in [0.1, 0.15) is 0 Å². The van der Waals surface area contributed by atoms with Crippen LogP contribution in [0.25, 0.3) is 0 Å². The summed E-state index contributed by atoms with van der Waals surface area (Å²) >= 11 is 0. The molecule has 0 heterocycles. The summed E-state index contributed by atoms with van der Waals surface area (Å²) in [5.74, 6) is -1.16. The molecule has 0 atom stereocenters. The predicted molar refractivity (Wildman–Crippen MR) is 229 cm³/mol. The summed E-state index contributed by atoms with van der Waals surface area (Å²) < 4.78 is 63.4. The summed E-state index contributed by atoms with van der Waals surface area (Å²) in [6, 6.07) is 0. The van der Waals surface area contributed by atoms with E-state index in [2.05, 4.69) is 13.8 Å². The zero-order valence-electron chi connectivity index (χ0n) is 36.1. The Morgan fingerprint density at radius 1 is 0.382 bits per heavy atom. The molecule has 0 saturated carbocycles. The predicted octanol–water partition coefficient (Wildman–Crippen LogP) is 10.1. The van der Waals surface area contributed by atoms with Crippen LogP contribution in [0.1, 0.15) is 219 Å². The summed E-state index contributed by atoms with van der Waals surface area (Å²) in [6.45, 7) is 4.49. The van der Waals surface area contributed by atoms with E-state index in [0.717, 1.165) is 38.5 Å². The first-order valence-corrected chi connectivity index (χ1v) is 25.2. The molecule has 13 heteroatoms. The number of amides is 2. The molecule has 0 bridgehead atoms. The Bertz CT molecular complexity index is 993. The molecule has 0 fully saturated rings. The second-order valence-corrected chi connectivity index (χ2v) is 18.6. The molecule has 0 radical (unpaired) electrons. The quantitative estimate of drug-likeness (QED) is 0.0338. The number of nitrogens with zero attached hydrogens (tertiary/aromatic N) is 2. The summed E-state index contributed by atoms with van der Waals surface area (Å²) in [6.07, 6.45) is 39.4. The third-order valence-corrected chi connectivity index (χ3v) is 11.6. The number of unbranched alkanes of at least 4 members (excludes halogenated alkanes) is 28. The van der Waals surface area contributed by atoms with Gasteiger partial charge < -0.3 is 18.9 Å². The first-order valence-electron chi connectivity index (χ1n) is 22.1. The molecule has 0 aromatic carbocycles. The maximum atomic E-state index is 11.8. The van der Waals surface area contributed by atoms with Crippen LogP contribution in [0.4, 0.5) is 0 Å². The van der Waals surface area contributed by atoms with Crippen molar-refractivity contribution in [3.8, 4) is 0 Å². The van der Waals surface area contributed by atoms with E-state index in [1.165, 1.54) is 164 Å². The zero-order valence-corrected chi connectivity index (χ0v) is 40.0. The van der Waals surface area contributed by atoms with Gasteiger partial charge in [0.2, 0.25) is 11.8 Å². The molecule has 0 aromatic heterocycles. The number of hydrogen-bond acceptors (Lipinski definition) is 8. The van der Waals surface area contributed by atoms with Crippen LogP contribution in [-0.2, 0) is 29.8 Å². The van der Waals surface area contributed by atoms with Crippen LogP contribution in [0.3, 0.4) is 0 Å². The first kappa shape index (κ1) is 59.3. The monoisotopic (exact) mass is 849 g/mol. The smallest absolute Gasteiger partial charge is 0.748 e. The largest absolute Gasteiger partial charge is 2.00 e. The van der Waals surface area contributed by atoms with Gasteiger partial charge in [-0.05, 0) is 12.8 Å². The fourth-order valence-electron chi connectivity index (χ4n) is 6.42. The summed E-state index contributed by atoms with van der Waals surface area (Å²) in [4.78, 5) is 26.3. The summed E-state index contributed by atoms with van der Waals surface area (Å²) in [5, 5.41) is 0. The number of hydrogen-bond donors (Lipinski definition) is 0. The minimum Gasteiger partial charge on any atom is -0.748 e. The van der Waals surface area contributed by atoms with Gasteiger partial charge in [-0.25, -0.2) is 16.8 Å². The van der Waals surface area contributed by atoms with Crippen LogP contribution in [-0.4, -0.2) is 124 Å². The molecule has 0 spiro atoms. The van der Waals surface area contributed by atoms with E-state index in [-0.39, 0.29) is 62.6 Å². The number of rotatable bonds is 38. The van der Waals surface area contributed by atoms with Gasteiger partial charge in [-0.15, -0.1) is 0 Å². The van der Waals surface area contributed by atoms with Gasteiger partial charge in [-0.3, -0.25) is 9.59 Å². The summed E-state index contributed by atoms with van der Waals surface area (Å²) in [5.41, 5.74) is 0. The van der Waals surface area contributed by atoms with E-state index in [9.17, 15) is 35.5 Å². The molecular weight excluding hydrogens is 765 g/mol. The maximum Gasteiger partial charge on any atom is 2.00 e. The van der Waals surface area contributed by atoms with Crippen LogP contribution < -0.4 is 0 Å². The maximum absolute atomic E-state index is 11.8. The molecule has 55 heavy (non-hydrogen) atoms. The topological polar surface area (TPSA) is 155 Å². The average Bonchev–Trinajstić information content (AvgIpc) is 3.12. The first-order chi connectivity index (χ1) is 25.7. The fraction of sp³-hybridized carbons (Fsp3) is 0.952. The zero-order chi connectivity index (χ0) is 40.8. The van der Waals surface area contributed by atoms with E-state index in [1.54, 1.807) is 14.1 Å². The van der Waals surface area contributed by atoms with E-state index in [4.69, 9.17) is 0 Å². The van der Waals surface area contributed by atoms with Gasteiger partial charge in [0, 0.05) is 40.0 Å². The molecular formula is C42H84CaN2O8S2. The minimum atomic E-state index is -4.25. The van der Waals surface area contributed by atoms with Crippen molar-refractivity contribution in [2.75, 3.05) is 38.7 Å². The van der Waals surface area contributed by atoms with Crippen molar-refractivity contribution in [3.05, 3.63) is 0 Å². The van der Waals surface area contributed by atoms with Crippen molar-refractivity contribution in [1.29, 1.82) is 0 Å². The van der Waals surface area contributed by atoms with Gasteiger partial charge in [-0.1, -0.05) is 194 Å². The number of carbonyl (C=O) groups excluding carboxylic acids is 2. The Labute approximate surface area is 370 Å². The third kappa shape index (κ3) is 50.1. The van der Waals surface area contributed by atoms with Crippen LogP contribution in [0.2, 0.25) is 0 Å². The van der Waals surface area contributed by atoms with Crippen LogP contribution in [0, 0.1) is 0 Å². The Morgan fingerprint density at radius 3 is 0.745 bits per heavy atom. The van der Waals surface area contributed by atoms with Crippen molar-refractivity contribution in [2.24, 2.45) is 0 Å². The molecule has 0 aliphatic rings. The molecule has 0 saturated heterocycles. The van der Waals surface area contributed by atoms with E-state index in [0.29, 0.717) is 12.8 Å². The molecule has 0 aliphatic carbocycles. The Morgan fingerprint density at radius 2 is 0.564 bits per heavy atom. The Kier molecular flexibility index (Phi) is 45.5. The van der Waals surface area contributed by atoms with Gasteiger partial charge in [0.05, 0.1) is 31.7 Å². The molecule has 324 valence electrons. The van der Waals surface area contributed by atoms with Gasteiger partial charge >= 0.3 is 37.7 Å². The third-order valence-electron chi connectivity index (χ3n) is 10.2. The average molecular weight is 849 g/mol. The normalized spacial score (nSPS) is 11.5. The summed E-state index contributed by atoms with van der Waals surface area (Å²) in [7, 11) is -5.39. The van der Waals surface area contributed by atoms with E-state index < -0.39 is 31.7 Å². The van der Waals surface area contributed by atoms with Crippen molar-refractivity contribution >= 4 is 69.8 Å². The van der Waals surface area contributed by atoms with Crippen LogP contribution in [0.15, 0.2) is 0 Å². The van der Waals surface area contributed by atoms with Gasteiger partial charge in [0.25, 0.3) is 0 Å². The fourth-order valence-corrected chi connectivity index (χ4v) is 7.42. The molecule has 0 aliphatic heterocycles. The molecule has 0 N–H and O–H groups in total. The van der Waals surface area contributed by atoms with Crippen molar-refractivity contribution in [2.45, 2.75) is 219 Å². The second-order valence-electron chi connectivity index (χ2n) is 15.6. The van der Waals surface area contributed by atoms with Crippen molar-refractivity contribution in [1.82, 2.24) is 9.80 Å². The van der Waals surface area contributed by atoms with Crippen LogP contribution >= 0.6 is 0 Å². The standard InChI is InChI=1S/2C21H43NO4S.Ca/c2*1-3-4-5-6-7-8-9-10-11-12-13-14-15-16-17-18-21(23)22(2)19-20-27(24,25)26;/h2*3-20H2,1-2H3,(H,24,25,26);/q;;+2/p-2. The Balaban J connectivity index is -0.000000966. The SMILES string of the molecule is CCCCCCCCCCCCCCCCCC(=O)N(C)CCS(=O)(=O)[O-].CCCCCCCCCCCCCCCCCC(=O)N(C)CCS(=O)(=O)[O-].[Ca+2]. The van der Waals surface area contributed by atoms with Crippen LogP contribution in [0.5, 0.6) is 0 Å². The minimum absolute atomic E-state index is 0.